The second-order valence-electron chi connectivity index (χ2n) is 5.72. The van der Waals surface area contributed by atoms with E-state index in [1.165, 1.54) is 11.9 Å². The smallest absolute Gasteiger partial charge is 0.175 e. The van der Waals surface area contributed by atoms with Crippen LogP contribution in [0.2, 0.25) is 0 Å². The molecule has 0 spiro atoms. The molecule has 0 unspecified atom stereocenters. The van der Waals surface area contributed by atoms with Crippen LogP contribution in [-0.2, 0) is 9.84 Å². The lowest BCUT2D eigenvalue weighted by atomic mass is 10.2. The number of piperazine rings is 1. The molecule has 1 fully saturated rings. The summed E-state index contributed by atoms with van der Waals surface area (Å²) in [4.78, 5) is 5.03. The molecule has 1 aliphatic heterocycles. The number of sulfone groups is 1. The first kappa shape index (κ1) is 16.3. The molecule has 0 N–H and O–H groups in total. The van der Waals surface area contributed by atoms with Crippen molar-refractivity contribution >= 4 is 37.1 Å². The van der Waals surface area contributed by atoms with Crippen LogP contribution in [0.3, 0.4) is 0 Å². The molecule has 0 atom stereocenters. The zero-order chi connectivity index (χ0) is 16.4. The first-order valence-corrected chi connectivity index (χ1v) is 10.2. The highest BCUT2D eigenvalue weighted by Crippen LogP contribution is 2.23. The Balaban J connectivity index is 1.66. The highest BCUT2D eigenvalue weighted by Gasteiger charge is 2.18. The molecule has 0 radical (unpaired) electrons. The fourth-order valence-corrected chi connectivity index (χ4v) is 3.67. The number of halogens is 1. The van der Waals surface area contributed by atoms with Gasteiger partial charge in [0.25, 0.3) is 0 Å². The molecular weight excluding hydrogens is 376 g/mol. The van der Waals surface area contributed by atoms with E-state index in [0.29, 0.717) is 4.90 Å². The monoisotopic (exact) mass is 394 g/mol. The Kier molecular flexibility index (Phi) is 4.64. The first-order chi connectivity index (χ1) is 10.9. The predicted molar refractivity (Wildman–Crippen MR) is 98.1 cm³/mol. The van der Waals surface area contributed by atoms with Crippen LogP contribution in [0.4, 0.5) is 11.4 Å². The van der Waals surface area contributed by atoms with Crippen LogP contribution in [-0.4, -0.2) is 40.9 Å². The molecule has 0 amide bonds. The van der Waals surface area contributed by atoms with Crippen molar-refractivity contribution in [2.45, 2.75) is 4.90 Å². The van der Waals surface area contributed by atoms with Crippen LogP contribution in [0, 0.1) is 0 Å². The first-order valence-electron chi connectivity index (χ1n) is 7.49. The lowest BCUT2D eigenvalue weighted by molar-refractivity contribution is 0.602. The Hall–Kier alpha value is -1.53. The summed E-state index contributed by atoms with van der Waals surface area (Å²) >= 11 is 3.46. The van der Waals surface area contributed by atoms with E-state index < -0.39 is 9.84 Å². The molecular formula is C17H19BrN2O2S. The second kappa shape index (κ2) is 6.53. The fourth-order valence-electron chi connectivity index (χ4n) is 2.78. The molecule has 4 nitrogen and oxygen atoms in total. The Bertz CT molecular complexity index is 765. The zero-order valence-corrected chi connectivity index (χ0v) is 15.3. The van der Waals surface area contributed by atoms with Gasteiger partial charge in [-0.2, -0.15) is 0 Å². The quantitative estimate of drug-likeness (QED) is 0.801. The Labute approximate surface area is 145 Å². The van der Waals surface area contributed by atoms with Crippen LogP contribution in [0.1, 0.15) is 0 Å². The van der Waals surface area contributed by atoms with Crippen LogP contribution >= 0.6 is 15.9 Å². The highest BCUT2D eigenvalue weighted by atomic mass is 79.9. The van der Waals surface area contributed by atoms with E-state index in [1.807, 2.05) is 12.1 Å². The van der Waals surface area contributed by atoms with Gasteiger partial charge in [0.15, 0.2) is 9.84 Å². The molecule has 0 saturated carbocycles. The summed E-state index contributed by atoms with van der Waals surface area (Å²) in [5.41, 5.74) is 2.31. The highest BCUT2D eigenvalue weighted by molar-refractivity contribution is 9.10. The lowest BCUT2D eigenvalue weighted by Gasteiger charge is -2.37. The van der Waals surface area contributed by atoms with E-state index in [1.54, 1.807) is 12.1 Å². The molecule has 2 aromatic carbocycles. The summed E-state index contributed by atoms with van der Waals surface area (Å²) in [6.45, 7) is 3.76. The number of rotatable bonds is 3. The third-order valence-electron chi connectivity index (χ3n) is 4.10. The summed E-state index contributed by atoms with van der Waals surface area (Å²) < 4.78 is 24.1. The van der Waals surface area contributed by atoms with Gasteiger partial charge in [-0.15, -0.1) is 0 Å². The molecule has 0 aromatic heterocycles. The number of hydrogen-bond donors (Lipinski definition) is 0. The third kappa shape index (κ3) is 3.87. The molecule has 1 aliphatic rings. The largest absolute Gasteiger partial charge is 0.368 e. The van der Waals surface area contributed by atoms with Crippen LogP contribution in [0.25, 0.3) is 0 Å². The van der Waals surface area contributed by atoms with Crippen molar-refractivity contribution in [3.63, 3.8) is 0 Å². The van der Waals surface area contributed by atoms with E-state index in [2.05, 4.69) is 50.0 Å². The molecule has 1 saturated heterocycles. The summed E-state index contributed by atoms with van der Waals surface area (Å²) in [7, 11) is -3.13. The Morgan fingerprint density at radius 2 is 1.17 bits per heavy atom. The maximum absolute atomic E-state index is 11.5. The topological polar surface area (TPSA) is 40.6 Å². The molecule has 1 heterocycles. The summed E-state index contributed by atoms with van der Waals surface area (Å²) in [5, 5.41) is 0. The van der Waals surface area contributed by atoms with Gasteiger partial charge in [0, 0.05) is 48.3 Å². The van der Waals surface area contributed by atoms with Crippen molar-refractivity contribution in [1.29, 1.82) is 0 Å². The van der Waals surface area contributed by atoms with E-state index in [4.69, 9.17) is 0 Å². The van der Waals surface area contributed by atoms with Crippen molar-refractivity contribution in [3.05, 3.63) is 53.0 Å². The van der Waals surface area contributed by atoms with Gasteiger partial charge in [0.2, 0.25) is 0 Å². The van der Waals surface area contributed by atoms with Gasteiger partial charge in [-0.05, 0) is 48.5 Å². The van der Waals surface area contributed by atoms with Gasteiger partial charge in [0.1, 0.15) is 0 Å². The summed E-state index contributed by atoms with van der Waals surface area (Å²) in [6.07, 6.45) is 1.24. The molecule has 0 bridgehead atoms. The minimum Gasteiger partial charge on any atom is -0.368 e. The molecule has 122 valence electrons. The third-order valence-corrected chi connectivity index (χ3v) is 5.76. The molecule has 6 heteroatoms. The van der Waals surface area contributed by atoms with Gasteiger partial charge in [-0.1, -0.05) is 15.9 Å². The van der Waals surface area contributed by atoms with Crippen LogP contribution < -0.4 is 9.80 Å². The van der Waals surface area contributed by atoms with Gasteiger partial charge >= 0.3 is 0 Å². The molecule has 0 aliphatic carbocycles. The fraction of sp³-hybridized carbons (Fsp3) is 0.294. The maximum atomic E-state index is 11.5. The minimum absolute atomic E-state index is 0.370. The Morgan fingerprint density at radius 3 is 1.57 bits per heavy atom. The van der Waals surface area contributed by atoms with Gasteiger partial charge in [-0.3, -0.25) is 0 Å². The number of nitrogens with zero attached hydrogens (tertiary/aromatic N) is 2. The molecule has 2 aromatic rings. The zero-order valence-electron chi connectivity index (χ0n) is 12.9. The van der Waals surface area contributed by atoms with Crippen molar-refractivity contribution in [2.75, 3.05) is 42.2 Å². The minimum atomic E-state index is -3.13. The number of benzene rings is 2. The van der Waals surface area contributed by atoms with Crippen LogP contribution in [0.5, 0.6) is 0 Å². The molecule has 23 heavy (non-hydrogen) atoms. The van der Waals surface area contributed by atoms with Gasteiger partial charge in [0.05, 0.1) is 4.90 Å². The average molecular weight is 395 g/mol. The summed E-state index contributed by atoms with van der Waals surface area (Å²) in [5.74, 6) is 0. The van der Waals surface area contributed by atoms with E-state index >= 15 is 0 Å². The SMILES string of the molecule is CS(=O)(=O)c1ccc(N2CCN(c3ccc(Br)cc3)CC2)cc1. The lowest BCUT2D eigenvalue weighted by Crippen LogP contribution is -2.46. The van der Waals surface area contributed by atoms with Crippen LogP contribution in [0.15, 0.2) is 57.9 Å². The van der Waals surface area contributed by atoms with E-state index in [-0.39, 0.29) is 0 Å². The normalized spacial score (nSPS) is 15.7. The van der Waals surface area contributed by atoms with Crippen molar-refractivity contribution in [2.24, 2.45) is 0 Å². The number of hydrogen-bond acceptors (Lipinski definition) is 4. The van der Waals surface area contributed by atoms with E-state index in [9.17, 15) is 8.42 Å². The van der Waals surface area contributed by atoms with Gasteiger partial charge < -0.3 is 9.80 Å². The summed E-state index contributed by atoms with van der Waals surface area (Å²) in [6, 6.07) is 15.5. The Morgan fingerprint density at radius 1 is 0.783 bits per heavy atom. The van der Waals surface area contributed by atoms with Crippen molar-refractivity contribution < 1.29 is 8.42 Å². The number of anilines is 2. The standard InChI is InChI=1S/C17H19BrN2O2S/c1-23(21,22)17-8-6-16(7-9-17)20-12-10-19(11-13-20)15-4-2-14(18)3-5-15/h2-9H,10-13H2,1H3. The van der Waals surface area contributed by atoms with E-state index in [0.717, 1.165) is 36.3 Å². The van der Waals surface area contributed by atoms with Crippen molar-refractivity contribution in [1.82, 2.24) is 0 Å². The maximum Gasteiger partial charge on any atom is 0.175 e. The van der Waals surface area contributed by atoms with Gasteiger partial charge in [-0.25, -0.2) is 8.42 Å². The van der Waals surface area contributed by atoms with Crippen molar-refractivity contribution in [3.8, 4) is 0 Å². The average Bonchev–Trinajstić information content (AvgIpc) is 2.55. The second-order valence-corrected chi connectivity index (χ2v) is 8.65. The predicted octanol–water partition coefficient (Wildman–Crippen LogP) is 3.18. The molecule has 3 rings (SSSR count).